The average molecular weight is 296 g/mol. The summed E-state index contributed by atoms with van der Waals surface area (Å²) in [5.41, 5.74) is 0.805. The number of morpholine rings is 1. The Balaban J connectivity index is 1.89. The summed E-state index contributed by atoms with van der Waals surface area (Å²) < 4.78 is 18.5. The number of ether oxygens (including phenoxy) is 1. The van der Waals surface area contributed by atoms with Crippen molar-refractivity contribution in [3.05, 3.63) is 35.6 Å². The third kappa shape index (κ3) is 4.42. The number of halogens is 1. The van der Waals surface area contributed by atoms with E-state index in [0.29, 0.717) is 19.7 Å². The minimum atomic E-state index is -0.957. The van der Waals surface area contributed by atoms with Crippen LogP contribution in [0.3, 0.4) is 0 Å². The Kier molecular flexibility index (Phi) is 5.10. The van der Waals surface area contributed by atoms with Crippen molar-refractivity contribution in [2.45, 2.75) is 12.5 Å². The maximum absolute atomic E-state index is 12.9. The van der Waals surface area contributed by atoms with Crippen molar-refractivity contribution in [1.82, 2.24) is 10.2 Å². The first-order valence-corrected chi connectivity index (χ1v) is 6.68. The molecule has 2 amide bonds. The van der Waals surface area contributed by atoms with Gasteiger partial charge in [0.05, 0.1) is 19.6 Å². The number of carbonyl (C=O) groups is 2. The second-order valence-electron chi connectivity index (χ2n) is 4.73. The number of carboxylic acid groups (broad SMARTS) is 1. The van der Waals surface area contributed by atoms with Crippen molar-refractivity contribution < 1.29 is 23.8 Å². The van der Waals surface area contributed by atoms with Crippen LogP contribution < -0.4 is 5.32 Å². The van der Waals surface area contributed by atoms with Crippen LogP contribution in [-0.2, 0) is 9.53 Å². The molecule has 1 aromatic rings. The quantitative estimate of drug-likeness (QED) is 0.880. The number of amides is 2. The van der Waals surface area contributed by atoms with E-state index in [4.69, 9.17) is 9.84 Å². The smallest absolute Gasteiger partial charge is 0.317 e. The Morgan fingerprint density at radius 1 is 1.38 bits per heavy atom. The molecule has 1 saturated heterocycles. The zero-order valence-corrected chi connectivity index (χ0v) is 11.4. The van der Waals surface area contributed by atoms with Gasteiger partial charge in [-0.15, -0.1) is 0 Å². The number of nitrogens with zero attached hydrogens (tertiary/aromatic N) is 1. The average Bonchev–Trinajstić information content (AvgIpc) is 2.47. The first kappa shape index (κ1) is 15.2. The summed E-state index contributed by atoms with van der Waals surface area (Å²) in [5, 5.41) is 11.1. The van der Waals surface area contributed by atoms with E-state index < -0.39 is 5.97 Å². The highest BCUT2D eigenvalue weighted by Crippen LogP contribution is 2.22. The monoisotopic (exact) mass is 296 g/mol. The molecule has 0 radical (unpaired) electrons. The summed E-state index contributed by atoms with van der Waals surface area (Å²) >= 11 is 0. The summed E-state index contributed by atoms with van der Waals surface area (Å²) in [4.78, 5) is 23.9. The highest BCUT2D eigenvalue weighted by Gasteiger charge is 2.25. The van der Waals surface area contributed by atoms with Gasteiger partial charge in [-0.3, -0.25) is 4.79 Å². The van der Waals surface area contributed by atoms with Crippen LogP contribution in [0.25, 0.3) is 0 Å². The zero-order valence-electron chi connectivity index (χ0n) is 11.4. The van der Waals surface area contributed by atoms with Gasteiger partial charge in [-0.2, -0.15) is 0 Å². The van der Waals surface area contributed by atoms with Gasteiger partial charge in [-0.25, -0.2) is 9.18 Å². The summed E-state index contributed by atoms with van der Waals surface area (Å²) in [5.74, 6) is -1.28. The van der Waals surface area contributed by atoms with Crippen LogP contribution in [0.2, 0.25) is 0 Å². The number of carbonyl (C=O) groups excluding carboxylic acids is 1. The fraction of sp³-hybridized carbons (Fsp3) is 0.429. The molecule has 1 heterocycles. The van der Waals surface area contributed by atoms with Crippen LogP contribution in [0.1, 0.15) is 18.1 Å². The molecule has 0 aromatic heterocycles. The maximum Gasteiger partial charge on any atom is 0.317 e. The molecule has 21 heavy (non-hydrogen) atoms. The van der Waals surface area contributed by atoms with Gasteiger partial charge in [0, 0.05) is 13.1 Å². The molecule has 0 spiro atoms. The van der Waals surface area contributed by atoms with Gasteiger partial charge in [0.15, 0.2) is 0 Å². The normalized spacial score (nSPS) is 18.3. The molecule has 1 aromatic carbocycles. The largest absolute Gasteiger partial charge is 0.481 e. The highest BCUT2D eigenvalue weighted by atomic mass is 19.1. The van der Waals surface area contributed by atoms with E-state index in [1.54, 1.807) is 17.0 Å². The van der Waals surface area contributed by atoms with Crippen molar-refractivity contribution >= 4 is 12.0 Å². The Labute approximate surface area is 121 Å². The predicted molar refractivity (Wildman–Crippen MR) is 72.3 cm³/mol. The number of hydrogen-bond donors (Lipinski definition) is 2. The van der Waals surface area contributed by atoms with E-state index in [-0.39, 0.29) is 30.9 Å². The van der Waals surface area contributed by atoms with Gasteiger partial charge in [0.1, 0.15) is 11.9 Å². The number of benzene rings is 1. The zero-order chi connectivity index (χ0) is 15.2. The molecular formula is C14H17FN2O4. The van der Waals surface area contributed by atoms with Crippen LogP contribution in [-0.4, -0.2) is 48.2 Å². The number of carboxylic acids is 1. The molecule has 114 valence electrons. The van der Waals surface area contributed by atoms with Gasteiger partial charge >= 0.3 is 12.0 Å². The molecule has 1 fully saturated rings. The van der Waals surface area contributed by atoms with E-state index in [2.05, 4.69) is 5.32 Å². The number of urea groups is 1. The van der Waals surface area contributed by atoms with Crippen LogP contribution >= 0.6 is 0 Å². The fourth-order valence-electron chi connectivity index (χ4n) is 2.10. The fourth-order valence-corrected chi connectivity index (χ4v) is 2.10. The highest BCUT2D eigenvalue weighted by molar-refractivity contribution is 5.75. The van der Waals surface area contributed by atoms with Crippen molar-refractivity contribution in [3.8, 4) is 0 Å². The van der Waals surface area contributed by atoms with Crippen LogP contribution in [0.5, 0.6) is 0 Å². The SMILES string of the molecule is O=C(O)CCNC(=O)N1CCOC(c2ccc(F)cc2)C1. The second kappa shape index (κ2) is 7.03. The van der Waals surface area contributed by atoms with Crippen molar-refractivity contribution in [1.29, 1.82) is 0 Å². The Morgan fingerprint density at radius 3 is 2.76 bits per heavy atom. The molecule has 1 aliphatic rings. The molecule has 0 bridgehead atoms. The molecule has 1 unspecified atom stereocenters. The Morgan fingerprint density at radius 2 is 2.10 bits per heavy atom. The maximum atomic E-state index is 12.9. The van der Waals surface area contributed by atoms with Crippen LogP contribution in [0.4, 0.5) is 9.18 Å². The van der Waals surface area contributed by atoms with Crippen molar-refractivity contribution in [2.24, 2.45) is 0 Å². The first-order valence-electron chi connectivity index (χ1n) is 6.68. The van der Waals surface area contributed by atoms with Gasteiger partial charge in [0.25, 0.3) is 0 Å². The lowest BCUT2D eigenvalue weighted by molar-refractivity contribution is -0.136. The minimum Gasteiger partial charge on any atom is -0.481 e. The van der Waals surface area contributed by atoms with Crippen molar-refractivity contribution in [3.63, 3.8) is 0 Å². The van der Waals surface area contributed by atoms with E-state index >= 15 is 0 Å². The van der Waals surface area contributed by atoms with E-state index in [1.807, 2.05) is 0 Å². The molecule has 1 atom stereocenters. The van der Waals surface area contributed by atoms with E-state index in [1.165, 1.54) is 12.1 Å². The lowest BCUT2D eigenvalue weighted by Crippen LogP contribution is -2.47. The van der Waals surface area contributed by atoms with E-state index in [0.717, 1.165) is 5.56 Å². The lowest BCUT2D eigenvalue weighted by atomic mass is 10.1. The van der Waals surface area contributed by atoms with Gasteiger partial charge in [-0.1, -0.05) is 12.1 Å². The van der Waals surface area contributed by atoms with Crippen LogP contribution in [0, 0.1) is 5.82 Å². The lowest BCUT2D eigenvalue weighted by Gasteiger charge is -2.33. The number of hydrogen-bond acceptors (Lipinski definition) is 3. The molecule has 1 aliphatic heterocycles. The third-order valence-corrected chi connectivity index (χ3v) is 3.21. The molecule has 7 heteroatoms. The van der Waals surface area contributed by atoms with Gasteiger partial charge in [-0.05, 0) is 17.7 Å². The summed E-state index contributed by atoms with van der Waals surface area (Å²) in [6, 6.07) is 5.65. The third-order valence-electron chi connectivity index (χ3n) is 3.21. The topological polar surface area (TPSA) is 78.9 Å². The molecule has 2 rings (SSSR count). The summed E-state index contributed by atoms with van der Waals surface area (Å²) in [6.07, 6.45) is -0.415. The first-order chi connectivity index (χ1) is 10.1. The molecule has 0 saturated carbocycles. The Hall–Kier alpha value is -2.15. The minimum absolute atomic E-state index is 0.0900. The molecule has 6 nitrogen and oxygen atoms in total. The number of rotatable bonds is 4. The second-order valence-corrected chi connectivity index (χ2v) is 4.73. The molecule has 2 N–H and O–H groups in total. The summed E-state index contributed by atoms with van der Waals surface area (Å²) in [7, 11) is 0. The molecule has 0 aliphatic carbocycles. The van der Waals surface area contributed by atoms with Gasteiger partial charge < -0.3 is 20.1 Å². The standard InChI is InChI=1S/C14H17FN2O4/c15-11-3-1-10(2-4-11)12-9-17(7-8-21-12)14(20)16-6-5-13(18)19/h1-4,12H,5-9H2,(H,16,20)(H,18,19). The van der Waals surface area contributed by atoms with E-state index in [9.17, 15) is 14.0 Å². The summed E-state index contributed by atoms with van der Waals surface area (Å²) in [6.45, 7) is 1.27. The predicted octanol–water partition coefficient (Wildman–Crippen LogP) is 1.38. The number of aliphatic carboxylic acids is 1. The Bertz CT molecular complexity index is 506. The van der Waals surface area contributed by atoms with Gasteiger partial charge in [0.2, 0.25) is 0 Å². The number of nitrogens with one attached hydrogen (secondary N) is 1. The van der Waals surface area contributed by atoms with Crippen LogP contribution in [0.15, 0.2) is 24.3 Å². The van der Waals surface area contributed by atoms with Crippen molar-refractivity contribution in [2.75, 3.05) is 26.2 Å². The molecular weight excluding hydrogens is 279 g/mol.